The molecule has 2 nitrogen and oxygen atoms in total. The number of hydrogen-bond acceptors (Lipinski definition) is 2. The maximum atomic E-state index is 13.6. The van der Waals surface area contributed by atoms with Crippen molar-refractivity contribution in [2.45, 2.75) is 25.9 Å². The van der Waals surface area contributed by atoms with Crippen LogP contribution in [0.2, 0.25) is 0 Å². The third-order valence-electron chi connectivity index (χ3n) is 3.35. The highest BCUT2D eigenvalue weighted by Gasteiger charge is 2.21. The molecule has 1 aliphatic heterocycles. The smallest absolute Gasteiger partial charge is 0.130 e. The van der Waals surface area contributed by atoms with Gasteiger partial charge in [-0.25, -0.2) is 8.78 Å². The predicted molar refractivity (Wildman–Crippen MR) is 63.7 cm³/mol. The van der Waals surface area contributed by atoms with Gasteiger partial charge in [0.05, 0.1) is 0 Å². The number of hydrogen-bond donors (Lipinski definition) is 1. The molecule has 0 radical (unpaired) electrons. The van der Waals surface area contributed by atoms with E-state index in [9.17, 15) is 8.78 Å². The van der Waals surface area contributed by atoms with E-state index in [0.29, 0.717) is 18.2 Å². The number of benzene rings is 1. The SMILES string of the molecule is CCN(Cc1ccc(F)cc1F)C1CCNC1. The molecule has 0 bridgehead atoms. The van der Waals surface area contributed by atoms with Crippen LogP contribution < -0.4 is 5.32 Å². The van der Waals surface area contributed by atoms with Gasteiger partial charge in [0.2, 0.25) is 0 Å². The molecule has 1 unspecified atom stereocenters. The van der Waals surface area contributed by atoms with Crippen molar-refractivity contribution >= 4 is 0 Å². The van der Waals surface area contributed by atoms with Gasteiger partial charge < -0.3 is 5.32 Å². The minimum absolute atomic E-state index is 0.450. The third kappa shape index (κ3) is 3.01. The second-order valence-corrected chi connectivity index (χ2v) is 4.45. The number of nitrogens with zero attached hydrogens (tertiary/aromatic N) is 1. The van der Waals surface area contributed by atoms with Crippen molar-refractivity contribution in [2.24, 2.45) is 0 Å². The zero-order valence-electron chi connectivity index (χ0n) is 10.0. The monoisotopic (exact) mass is 240 g/mol. The van der Waals surface area contributed by atoms with Crippen molar-refractivity contribution in [1.82, 2.24) is 10.2 Å². The maximum Gasteiger partial charge on any atom is 0.130 e. The second-order valence-electron chi connectivity index (χ2n) is 4.45. The normalized spacial score (nSPS) is 20.1. The minimum atomic E-state index is -0.517. The Kier molecular flexibility index (Phi) is 4.07. The van der Waals surface area contributed by atoms with Gasteiger partial charge in [-0.05, 0) is 25.6 Å². The molecule has 17 heavy (non-hydrogen) atoms. The van der Waals surface area contributed by atoms with Crippen LogP contribution in [0.4, 0.5) is 8.78 Å². The molecule has 0 saturated carbocycles. The maximum absolute atomic E-state index is 13.6. The van der Waals surface area contributed by atoms with E-state index in [1.165, 1.54) is 12.1 Å². The molecule has 0 spiro atoms. The van der Waals surface area contributed by atoms with Crippen LogP contribution in [0.3, 0.4) is 0 Å². The molecule has 0 aliphatic carbocycles. The van der Waals surface area contributed by atoms with Crippen LogP contribution >= 0.6 is 0 Å². The third-order valence-corrected chi connectivity index (χ3v) is 3.35. The Bertz CT molecular complexity index is 376. The van der Waals surface area contributed by atoms with Crippen molar-refractivity contribution in [3.8, 4) is 0 Å². The van der Waals surface area contributed by atoms with Gasteiger partial charge >= 0.3 is 0 Å². The summed E-state index contributed by atoms with van der Waals surface area (Å²) in [4.78, 5) is 2.23. The molecule has 1 atom stereocenters. The number of halogens is 2. The first-order valence-corrected chi connectivity index (χ1v) is 6.09. The van der Waals surface area contributed by atoms with E-state index in [4.69, 9.17) is 0 Å². The Morgan fingerprint density at radius 1 is 1.41 bits per heavy atom. The van der Waals surface area contributed by atoms with E-state index in [-0.39, 0.29) is 0 Å². The molecule has 2 rings (SSSR count). The summed E-state index contributed by atoms with van der Waals surface area (Å²) < 4.78 is 26.4. The topological polar surface area (TPSA) is 15.3 Å². The summed E-state index contributed by atoms with van der Waals surface area (Å²) in [6.45, 7) is 5.47. The summed E-state index contributed by atoms with van der Waals surface area (Å²) >= 11 is 0. The standard InChI is InChI=1S/C13H18F2N2/c1-2-17(12-5-6-16-8-12)9-10-3-4-11(14)7-13(10)15/h3-4,7,12,16H,2,5-6,8-9H2,1H3. The average Bonchev–Trinajstić information content (AvgIpc) is 2.81. The summed E-state index contributed by atoms with van der Waals surface area (Å²) in [6, 6.07) is 4.27. The van der Waals surface area contributed by atoms with Gasteiger partial charge in [-0.15, -0.1) is 0 Å². The molecular weight excluding hydrogens is 222 g/mol. The van der Waals surface area contributed by atoms with Crippen molar-refractivity contribution in [2.75, 3.05) is 19.6 Å². The first-order valence-electron chi connectivity index (χ1n) is 6.09. The van der Waals surface area contributed by atoms with Crippen LogP contribution in [0.15, 0.2) is 18.2 Å². The fourth-order valence-electron chi connectivity index (χ4n) is 2.32. The van der Waals surface area contributed by atoms with Crippen LogP contribution in [0.1, 0.15) is 18.9 Å². The van der Waals surface area contributed by atoms with Crippen molar-refractivity contribution in [3.05, 3.63) is 35.4 Å². The molecule has 1 aromatic carbocycles. The lowest BCUT2D eigenvalue weighted by Crippen LogP contribution is -2.36. The minimum Gasteiger partial charge on any atom is -0.315 e. The lowest BCUT2D eigenvalue weighted by Gasteiger charge is -2.27. The van der Waals surface area contributed by atoms with Crippen LogP contribution in [0, 0.1) is 11.6 Å². The van der Waals surface area contributed by atoms with Crippen molar-refractivity contribution in [1.29, 1.82) is 0 Å². The fourth-order valence-corrected chi connectivity index (χ4v) is 2.32. The van der Waals surface area contributed by atoms with Crippen LogP contribution in [-0.4, -0.2) is 30.6 Å². The van der Waals surface area contributed by atoms with Crippen molar-refractivity contribution in [3.63, 3.8) is 0 Å². The Morgan fingerprint density at radius 3 is 2.82 bits per heavy atom. The molecule has 0 aromatic heterocycles. The van der Waals surface area contributed by atoms with Gasteiger partial charge in [0, 0.05) is 30.8 Å². The number of likely N-dealkylation sites (N-methyl/N-ethyl adjacent to an activating group) is 1. The van der Waals surface area contributed by atoms with Gasteiger partial charge in [0.25, 0.3) is 0 Å². The molecular formula is C13H18F2N2. The highest BCUT2D eigenvalue weighted by atomic mass is 19.1. The van der Waals surface area contributed by atoms with E-state index in [1.807, 2.05) is 0 Å². The predicted octanol–water partition coefficient (Wildman–Crippen LogP) is 2.15. The van der Waals surface area contributed by atoms with Gasteiger partial charge in [-0.3, -0.25) is 4.90 Å². The lowest BCUT2D eigenvalue weighted by atomic mass is 10.1. The molecule has 0 amide bonds. The average molecular weight is 240 g/mol. The van der Waals surface area contributed by atoms with Crippen LogP contribution in [0.25, 0.3) is 0 Å². The number of rotatable bonds is 4. The Morgan fingerprint density at radius 2 is 2.24 bits per heavy atom. The first-order chi connectivity index (χ1) is 8.20. The van der Waals surface area contributed by atoms with E-state index in [0.717, 1.165) is 32.1 Å². The summed E-state index contributed by atoms with van der Waals surface area (Å²) in [7, 11) is 0. The Balaban J connectivity index is 2.06. The molecule has 1 fully saturated rings. The summed E-state index contributed by atoms with van der Waals surface area (Å²) in [5, 5.41) is 3.30. The first kappa shape index (κ1) is 12.5. The molecule has 1 N–H and O–H groups in total. The largest absolute Gasteiger partial charge is 0.315 e. The second kappa shape index (κ2) is 5.56. The highest BCUT2D eigenvalue weighted by Crippen LogP contribution is 2.16. The zero-order chi connectivity index (χ0) is 12.3. The lowest BCUT2D eigenvalue weighted by molar-refractivity contribution is 0.207. The number of nitrogens with one attached hydrogen (secondary N) is 1. The quantitative estimate of drug-likeness (QED) is 0.867. The zero-order valence-corrected chi connectivity index (χ0v) is 10.0. The van der Waals surface area contributed by atoms with Crippen LogP contribution in [-0.2, 0) is 6.54 Å². The molecule has 1 aliphatic rings. The Hall–Kier alpha value is -1.00. The molecule has 1 heterocycles. The Labute approximate surface area is 101 Å². The summed E-state index contributed by atoms with van der Waals surface area (Å²) in [5.74, 6) is -0.966. The molecule has 1 saturated heterocycles. The van der Waals surface area contributed by atoms with Crippen LogP contribution in [0.5, 0.6) is 0 Å². The van der Waals surface area contributed by atoms with Gasteiger partial charge in [0.1, 0.15) is 11.6 Å². The van der Waals surface area contributed by atoms with E-state index < -0.39 is 11.6 Å². The fraction of sp³-hybridized carbons (Fsp3) is 0.538. The van der Waals surface area contributed by atoms with E-state index in [1.54, 1.807) is 0 Å². The molecule has 1 aromatic rings. The van der Waals surface area contributed by atoms with Crippen molar-refractivity contribution < 1.29 is 8.78 Å². The van der Waals surface area contributed by atoms with E-state index >= 15 is 0 Å². The molecule has 94 valence electrons. The van der Waals surface area contributed by atoms with E-state index in [2.05, 4.69) is 17.1 Å². The summed E-state index contributed by atoms with van der Waals surface area (Å²) in [5.41, 5.74) is 0.570. The summed E-state index contributed by atoms with van der Waals surface area (Å²) in [6.07, 6.45) is 1.09. The molecule has 4 heteroatoms. The van der Waals surface area contributed by atoms with Gasteiger partial charge in [-0.2, -0.15) is 0 Å². The van der Waals surface area contributed by atoms with Gasteiger partial charge in [0.15, 0.2) is 0 Å². The highest BCUT2D eigenvalue weighted by molar-refractivity contribution is 5.18. The van der Waals surface area contributed by atoms with Gasteiger partial charge in [-0.1, -0.05) is 13.0 Å².